The third-order valence-corrected chi connectivity index (χ3v) is 4.12. The Morgan fingerprint density at radius 3 is 2.21 bits per heavy atom. The highest BCUT2D eigenvalue weighted by Crippen LogP contribution is 2.05. The van der Waals surface area contributed by atoms with Gasteiger partial charge in [0.2, 0.25) is 15.9 Å². The second kappa shape index (κ2) is 8.50. The zero-order valence-electron chi connectivity index (χ0n) is 12.6. The Labute approximate surface area is 117 Å². The zero-order valence-corrected chi connectivity index (χ0v) is 13.5. The first-order chi connectivity index (χ1) is 8.64. The van der Waals surface area contributed by atoms with E-state index in [9.17, 15) is 13.2 Å². The van der Waals surface area contributed by atoms with Crippen molar-refractivity contribution in [2.45, 2.75) is 32.7 Å². The molecule has 0 atom stereocenters. The van der Waals surface area contributed by atoms with Crippen LogP contribution in [0.1, 0.15) is 26.7 Å². The minimum atomic E-state index is -3.25. The summed E-state index contributed by atoms with van der Waals surface area (Å²) in [5, 5.41) is 2.80. The Morgan fingerprint density at radius 2 is 1.79 bits per heavy atom. The number of hydrogen-bond donors (Lipinski definition) is 1. The van der Waals surface area contributed by atoms with E-state index in [0.29, 0.717) is 6.54 Å². The summed E-state index contributed by atoms with van der Waals surface area (Å²) in [5.41, 5.74) is 0. The number of nitrogens with one attached hydrogen (secondary N) is 1. The van der Waals surface area contributed by atoms with Gasteiger partial charge in [-0.1, -0.05) is 0 Å². The quantitative estimate of drug-likeness (QED) is 0.613. The van der Waals surface area contributed by atoms with Crippen molar-refractivity contribution in [3.63, 3.8) is 0 Å². The van der Waals surface area contributed by atoms with Crippen molar-refractivity contribution < 1.29 is 13.2 Å². The van der Waals surface area contributed by atoms with Gasteiger partial charge in [-0.25, -0.2) is 8.42 Å². The van der Waals surface area contributed by atoms with Crippen molar-refractivity contribution in [1.82, 2.24) is 14.5 Å². The molecule has 1 amide bonds. The zero-order chi connectivity index (χ0) is 15.1. The summed E-state index contributed by atoms with van der Waals surface area (Å²) in [4.78, 5) is 13.6. The molecule has 114 valence electrons. The van der Waals surface area contributed by atoms with Crippen LogP contribution in [0.15, 0.2) is 0 Å². The second-order valence-corrected chi connectivity index (χ2v) is 7.16. The molecule has 0 saturated heterocycles. The fourth-order valence-electron chi connectivity index (χ4n) is 1.73. The minimum absolute atomic E-state index is 0.104. The smallest absolute Gasteiger partial charge is 0.221 e. The molecular formula is C12H27N3O3S. The number of hydrogen-bond acceptors (Lipinski definition) is 4. The molecule has 19 heavy (non-hydrogen) atoms. The van der Waals surface area contributed by atoms with E-state index in [-0.39, 0.29) is 24.9 Å². The SMILES string of the molecule is CC(C)N(CCC(=O)NCCCN(C)C)S(C)(=O)=O. The average Bonchev–Trinajstić information content (AvgIpc) is 2.21. The monoisotopic (exact) mass is 293 g/mol. The van der Waals surface area contributed by atoms with Crippen LogP contribution in [0.3, 0.4) is 0 Å². The fraction of sp³-hybridized carbons (Fsp3) is 0.917. The van der Waals surface area contributed by atoms with Crippen molar-refractivity contribution in [3.8, 4) is 0 Å². The van der Waals surface area contributed by atoms with Crippen LogP contribution in [0.4, 0.5) is 0 Å². The fourth-order valence-corrected chi connectivity index (χ4v) is 2.92. The number of nitrogens with zero attached hydrogens (tertiary/aromatic N) is 2. The van der Waals surface area contributed by atoms with Crippen molar-refractivity contribution in [2.24, 2.45) is 0 Å². The van der Waals surface area contributed by atoms with E-state index in [1.165, 1.54) is 10.6 Å². The molecule has 0 radical (unpaired) electrons. The molecule has 0 aromatic carbocycles. The van der Waals surface area contributed by atoms with Crippen molar-refractivity contribution in [3.05, 3.63) is 0 Å². The maximum absolute atomic E-state index is 11.6. The first kappa shape index (κ1) is 18.3. The van der Waals surface area contributed by atoms with Gasteiger partial charge in [0.1, 0.15) is 0 Å². The molecule has 0 aromatic heterocycles. The molecule has 0 saturated carbocycles. The van der Waals surface area contributed by atoms with Gasteiger partial charge in [-0.3, -0.25) is 4.79 Å². The first-order valence-electron chi connectivity index (χ1n) is 6.53. The van der Waals surface area contributed by atoms with Crippen molar-refractivity contribution >= 4 is 15.9 Å². The summed E-state index contributed by atoms with van der Waals surface area (Å²) in [6.07, 6.45) is 2.26. The van der Waals surface area contributed by atoms with E-state index < -0.39 is 10.0 Å². The third-order valence-electron chi connectivity index (χ3n) is 2.67. The van der Waals surface area contributed by atoms with E-state index in [0.717, 1.165) is 13.0 Å². The second-order valence-electron chi connectivity index (χ2n) is 5.22. The number of amides is 1. The molecule has 0 heterocycles. The largest absolute Gasteiger partial charge is 0.356 e. The van der Waals surface area contributed by atoms with Crippen LogP contribution in [-0.2, 0) is 14.8 Å². The normalized spacial score (nSPS) is 12.4. The van der Waals surface area contributed by atoms with Gasteiger partial charge in [-0.2, -0.15) is 4.31 Å². The maximum Gasteiger partial charge on any atom is 0.221 e. The molecule has 7 heteroatoms. The summed E-state index contributed by atoms with van der Waals surface area (Å²) in [6, 6.07) is -0.128. The van der Waals surface area contributed by atoms with Crippen molar-refractivity contribution in [2.75, 3.05) is 40.0 Å². The minimum Gasteiger partial charge on any atom is -0.356 e. The molecule has 0 unspecified atom stereocenters. The highest BCUT2D eigenvalue weighted by atomic mass is 32.2. The lowest BCUT2D eigenvalue weighted by atomic mass is 10.3. The average molecular weight is 293 g/mol. The molecule has 1 N–H and O–H groups in total. The summed E-state index contributed by atoms with van der Waals surface area (Å²) < 4.78 is 24.4. The van der Waals surface area contributed by atoms with Crippen LogP contribution in [0.25, 0.3) is 0 Å². The summed E-state index contributed by atoms with van der Waals surface area (Å²) >= 11 is 0. The molecule has 6 nitrogen and oxygen atoms in total. The highest BCUT2D eigenvalue weighted by Gasteiger charge is 2.20. The van der Waals surface area contributed by atoms with Crippen molar-refractivity contribution in [1.29, 1.82) is 0 Å². The van der Waals surface area contributed by atoms with Gasteiger partial charge in [0, 0.05) is 25.6 Å². The molecule has 0 rings (SSSR count). The van der Waals surface area contributed by atoms with E-state index in [1.807, 2.05) is 14.1 Å². The highest BCUT2D eigenvalue weighted by molar-refractivity contribution is 7.88. The summed E-state index contributed by atoms with van der Waals surface area (Å²) in [6.45, 7) is 5.38. The standard InChI is InChI=1S/C12H27N3O3S/c1-11(2)15(19(5,17)18)10-7-12(16)13-8-6-9-14(3)4/h11H,6-10H2,1-5H3,(H,13,16). The van der Waals surface area contributed by atoms with Crippen LogP contribution in [0.2, 0.25) is 0 Å². The van der Waals surface area contributed by atoms with Gasteiger partial charge in [0.15, 0.2) is 0 Å². The maximum atomic E-state index is 11.6. The summed E-state index contributed by atoms with van der Waals surface area (Å²) in [5.74, 6) is -0.104. The van der Waals surface area contributed by atoms with Gasteiger partial charge < -0.3 is 10.2 Å². The molecule has 0 fully saturated rings. The topological polar surface area (TPSA) is 69.7 Å². The Balaban J connectivity index is 4.00. The van der Waals surface area contributed by atoms with E-state index in [4.69, 9.17) is 0 Å². The Hall–Kier alpha value is -0.660. The van der Waals surface area contributed by atoms with E-state index in [2.05, 4.69) is 10.2 Å². The Morgan fingerprint density at radius 1 is 1.21 bits per heavy atom. The van der Waals surface area contributed by atoms with Gasteiger partial charge in [0.25, 0.3) is 0 Å². The molecule has 0 aliphatic rings. The number of rotatable bonds is 9. The summed E-state index contributed by atoms with van der Waals surface area (Å²) in [7, 11) is 0.712. The lowest BCUT2D eigenvalue weighted by Gasteiger charge is -2.23. The lowest BCUT2D eigenvalue weighted by Crippen LogP contribution is -2.39. The molecular weight excluding hydrogens is 266 g/mol. The number of sulfonamides is 1. The molecule has 0 spiro atoms. The van der Waals surface area contributed by atoms with E-state index in [1.54, 1.807) is 13.8 Å². The van der Waals surface area contributed by atoms with Gasteiger partial charge in [-0.05, 0) is 40.9 Å². The number of carbonyl (C=O) groups excluding carboxylic acids is 1. The van der Waals surface area contributed by atoms with E-state index >= 15 is 0 Å². The lowest BCUT2D eigenvalue weighted by molar-refractivity contribution is -0.121. The molecule has 0 bridgehead atoms. The van der Waals surface area contributed by atoms with Crippen LogP contribution in [0, 0.1) is 0 Å². The molecule has 0 aromatic rings. The Bertz CT molecular complexity index is 366. The Kier molecular flexibility index (Phi) is 8.20. The first-order valence-corrected chi connectivity index (χ1v) is 8.37. The van der Waals surface area contributed by atoms with Gasteiger partial charge >= 0.3 is 0 Å². The third kappa shape index (κ3) is 8.96. The van der Waals surface area contributed by atoms with Crippen LogP contribution >= 0.6 is 0 Å². The predicted octanol–water partition coefficient (Wildman–Crippen LogP) is 0.114. The van der Waals surface area contributed by atoms with Gasteiger partial charge in [0.05, 0.1) is 6.26 Å². The van der Waals surface area contributed by atoms with Crippen LogP contribution in [0.5, 0.6) is 0 Å². The molecule has 0 aliphatic heterocycles. The predicted molar refractivity (Wildman–Crippen MR) is 77.5 cm³/mol. The van der Waals surface area contributed by atoms with Crippen LogP contribution in [-0.4, -0.2) is 69.6 Å². The van der Waals surface area contributed by atoms with Crippen LogP contribution < -0.4 is 5.32 Å². The van der Waals surface area contributed by atoms with Gasteiger partial charge in [-0.15, -0.1) is 0 Å². The number of carbonyl (C=O) groups is 1. The molecule has 0 aliphatic carbocycles.